The Kier molecular flexibility index (Phi) is 2.91. The van der Waals surface area contributed by atoms with E-state index in [4.69, 9.17) is 4.43 Å². The first-order valence-electron chi connectivity index (χ1n) is 3.32. The molecular formula is C7H8O3Si. The largest absolute Gasteiger partial charge is 0.536 e. The van der Waals surface area contributed by atoms with Crippen molar-refractivity contribution < 1.29 is 8.84 Å². The van der Waals surface area contributed by atoms with Crippen LogP contribution in [0.2, 0.25) is 6.04 Å². The SMILES string of the molecule is CC[Si]Oc1cccoc1=O. The van der Waals surface area contributed by atoms with Crippen LogP contribution in [0, 0.1) is 0 Å². The molecule has 1 rings (SSSR count). The van der Waals surface area contributed by atoms with Gasteiger partial charge in [0.05, 0.1) is 6.26 Å². The molecule has 1 aromatic rings. The first-order chi connectivity index (χ1) is 5.34. The van der Waals surface area contributed by atoms with Crippen LogP contribution >= 0.6 is 0 Å². The molecule has 0 aliphatic carbocycles. The Labute approximate surface area is 66.9 Å². The Bertz CT molecular complexity index is 268. The van der Waals surface area contributed by atoms with Gasteiger partial charge in [-0.3, -0.25) is 0 Å². The zero-order chi connectivity index (χ0) is 8.10. The van der Waals surface area contributed by atoms with Crippen LogP contribution in [-0.4, -0.2) is 9.76 Å². The van der Waals surface area contributed by atoms with Crippen LogP contribution in [-0.2, 0) is 0 Å². The average Bonchev–Trinajstić information content (AvgIpc) is 2.03. The summed E-state index contributed by atoms with van der Waals surface area (Å²) in [6.45, 7) is 1.99. The fourth-order valence-electron chi connectivity index (χ4n) is 0.579. The fourth-order valence-corrected chi connectivity index (χ4v) is 1.03. The Morgan fingerprint density at radius 1 is 1.73 bits per heavy atom. The van der Waals surface area contributed by atoms with E-state index >= 15 is 0 Å². The zero-order valence-corrected chi connectivity index (χ0v) is 7.16. The van der Waals surface area contributed by atoms with Gasteiger partial charge in [-0.1, -0.05) is 6.92 Å². The van der Waals surface area contributed by atoms with E-state index in [1.807, 2.05) is 6.92 Å². The predicted molar refractivity (Wildman–Crippen MR) is 41.8 cm³/mol. The molecular weight excluding hydrogens is 160 g/mol. The molecule has 3 nitrogen and oxygen atoms in total. The van der Waals surface area contributed by atoms with Crippen molar-refractivity contribution in [3.63, 3.8) is 0 Å². The summed E-state index contributed by atoms with van der Waals surface area (Å²) in [7, 11) is 0.329. The molecule has 0 aromatic carbocycles. The maximum absolute atomic E-state index is 10.8. The lowest BCUT2D eigenvalue weighted by Crippen LogP contribution is -2.08. The van der Waals surface area contributed by atoms with Crippen molar-refractivity contribution in [2.24, 2.45) is 0 Å². The molecule has 1 aromatic heterocycles. The highest BCUT2D eigenvalue weighted by molar-refractivity contribution is 6.27. The zero-order valence-electron chi connectivity index (χ0n) is 6.16. The first kappa shape index (κ1) is 8.07. The van der Waals surface area contributed by atoms with Gasteiger partial charge in [-0.15, -0.1) is 0 Å². The number of hydrogen-bond acceptors (Lipinski definition) is 3. The Balaban J connectivity index is 2.70. The smallest absolute Gasteiger partial charge is 0.377 e. The van der Waals surface area contributed by atoms with Crippen molar-refractivity contribution >= 4 is 9.76 Å². The molecule has 0 aliphatic rings. The van der Waals surface area contributed by atoms with Crippen molar-refractivity contribution in [1.82, 2.24) is 0 Å². The quantitative estimate of drug-likeness (QED) is 0.634. The molecule has 0 unspecified atom stereocenters. The molecule has 0 amide bonds. The molecule has 2 radical (unpaired) electrons. The molecule has 0 fully saturated rings. The van der Waals surface area contributed by atoms with Crippen molar-refractivity contribution in [2.45, 2.75) is 13.0 Å². The molecule has 11 heavy (non-hydrogen) atoms. The van der Waals surface area contributed by atoms with E-state index in [2.05, 4.69) is 4.42 Å². The van der Waals surface area contributed by atoms with Crippen molar-refractivity contribution in [1.29, 1.82) is 0 Å². The summed E-state index contributed by atoms with van der Waals surface area (Å²) in [4.78, 5) is 10.8. The van der Waals surface area contributed by atoms with Crippen LogP contribution in [0.5, 0.6) is 5.75 Å². The van der Waals surface area contributed by atoms with E-state index in [9.17, 15) is 4.79 Å². The summed E-state index contributed by atoms with van der Waals surface area (Å²) in [5, 5.41) is 0. The van der Waals surface area contributed by atoms with Gasteiger partial charge in [0, 0.05) is 0 Å². The van der Waals surface area contributed by atoms with Crippen LogP contribution in [0.25, 0.3) is 0 Å². The maximum Gasteiger partial charge on any atom is 0.377 e. The van der Waals surface area contributed by atoms with Gasteiger partial charge in [-0.25, -0.2) is 4.79 Å². The third kappa shape index (κ3) is 2.23. The number of rotatable bonds is 3. The first-order valence-corrected chi connectivity index (χ1v) is 4.43. The molecule has 0 spiro atoms. The second-order valence-corrected chi connectivity index (χ2v) is 3.06. The van der Waals surface area contributed by atoms with E-state index in [1.54, 1.807) is 12.1 Å². The van der Waals surface area contributed by atoms with E-state index < -0.39 is 5.63 Å². The minimum atomic E-state index is -0.409. The standard InChI is InChI=1S/C7H8O3Si/c1-2-11-10-6-4-3-5-9-7(6)8/h3-5H,2H2,1H3. The Morgan fingerprint density at radius 3 is 3.18 bits per heavy atom. The summed E-state index contributed by atoms with van der Waals surface area (Å²) >= 11 is 0. The maximum atomic E-state index is 10.8. The van der Waals surface area contributed by atoms with Crippen LogP contribution < -0.4 is 10.1 Å². The minimum Gasteiger partial charge on any atom is -0.536 e. The van der Waals surface area contributed by atoms with E-state index in [1.165, 1.54) is 6.26 Å². The molecule has 0 bridgehead atoms. The Morgan fingerprint density at radius 2 is 2.55 bits per heavy atom. The lowest BCUT2D eigenvalue weighted by atomic mass is 10.5. The van der Waals surface area contributed by atoms with Gasteiger partial charge in [0.1, 0.15) is 0 Å². The fraction of sp³-hybridized carbons (Fsp3) is 0.286. The van der Waals surface area contributed by atoms with Crippen molar-refractivity contribution in [3.8, 4) is 5.75 Å². The monoisotopic (exact) mass is 168 g/mol. The van der Waals surface area contributed by atoms with E-state index in [0.717, 1.165) is 6.04 Å². The highest BCUT2D eigenvalue weighted by Gasteiger charge is 1.98. The predicted octanol–water partition coefficient (Wildman–Crippen LogP) is 1.08. The highest BCUT2D eigenvalue weighted by Crippen LogP contribution is 2.00. The summed E-state index contributed by atoms with van der Waals surface area (Å²) < 4.78 is 9.69. The molecule has 0 saturated heterocycles. The molecule has 0 aliphatic heterocycles. The molecule has 4 heteroatoms. The van der Waals surface area contributed by atoms with Crippen LogP contribution in [0.1, 0.15) is 6.92 Å². The van der Waals surface area contributed by atoms with Crippen LogP contribution in [0.4, 0.5) is 0 Å². The molecule has 0 saturated carbocycles. The summed E-state index contributed by atoms with van der Waals surface area (Å²) in [5.41, 5.74) is -0.409. The van der Waals surface area contributed by atoms with Gasteiger partial charge in [-0.05, 0) is 18.2 Å². The third-order valence-electron chi connectivity index (χ3n) is 1.03. The van der Waals surface area contributed by atoms with Crippen LogP contribution in [0.3, 0.4) is 0 Å². The summed E-state index contributed by atoms with van der Waals surface area (Å²) in [6.07, 6.45) is 1.34. The normalized spacial score (nSPS) is 9.55. The van der Waals surface area contributed by atoms with E-state index in [-0.39, 0.29) is 0 Å². The molecule has 1 heterocycles. The van der Waals surface area contributed by atoms with Gasteiger partial charge >= 0.3 is 15.4 Å². The van der Waals surface area contributed by atoms with Gasteiger partial charge in [0.15, 0.2) is 5.75 Å². The molecule has 58 valence electrons. The van der Waals surface area contributed by atoms with Crippen LogP contribution in [0.15, 0.2) is 27.6 Å². The third-order valence-corrected chi connectivity index (χ3v) is 1.68. The second-order valence-electron chi connectivity index (χ2n) is 1.86. The van der Waals surface area contributed by atoms with E-state index in [0.29, 0.717) is 15.5 Å². The topological polar surface area (TPSA) is 39.4 Å². The lowest BCUT2D eigenvalue weighted by Gasteiger charge is -1.98. The second kappa shape index (κ2) is 3.97. The van der Waals surface area contributed by atoms with Gasteiger partial charge < -0.3 is 8.84 Å². The van der Waals surface area contributed by atoms with Gasteiger partial charge in [0.25, 0.3) is 0 Å². The van der Waals surface area contributed by atoms with Gasteiger partial charge in [-0.2, -0.15) is 0 Å². The number of hydrogen-bond donors (Lipinski definition) is 0. The summed E-state index contributed by atoms with van der Waals surface area (Å²) in [5.74, 6) is 0.299. The van der Waals surface area contributed by atoms with Gasteiger partial charge in [0.2, 0.25) is 0 Å². The average molecular weight is 168 g/mol. The highest BCUT2D eigenvalue weighted by atomic mass is 28.2. The summed E-state index contributed by atoms with van der Waals surface area (Å²) in [6, 6.07) is 4.15. The minimum absolute atomic E-state index is 0.299. The van der Waals surface area contributed by atoms with Crippen molar-refractivity contribution in [3.05, 3.63) is 28.8 Å². The lowest BCUT2D eigenvalue weighted by molar-refractivity contribution is 0.464. The molecule has 0 atom stereocenters. The Hall–Kier alpha value is -1.03. The molecule has 0 N–H and O–H groups in total. The van der Waals surface area contributed by atoms with Crippen molar-refractivity contribution in [2.75, 3.05) is 0 Å².